The van der Waals surface area contributed by atoms with E-state index in [9.17, 15) is 0 Å². The van der Waals surface area contributed by atoms with E-state index in [0.29, 0.717) is 17.8 Å². The Balaban J connectivity index is 2.76. The van der Waals surface area contributed by atoms with Gasteiger partial charge in [-0.25, -0.2) is 4.57 Å². The maximum absolute atomic E-state index is 2.42. The molecule has 1 heterocycles. The second-order valence-corrected chi connectivity index (χ2v) is 7.29. The van der Waals surface area contributed by atoms with Crippen LogP contribution in [0, 0.1) is 0 Å². The number of aromatic nitrogens is 1. The van der Waals surface area contributed by atoms with Crippen molar-refractivity contribution in [1.82, 2.24) is 0 Å². The molecule has 0 atom stereocenters. The molecule has 118 valence electrons. The van der Waals surface area contributed by atoms with Gasteiger partial charge in [-0.2, -0.15) is 0 Å². The van der Waals surface area contributed by atoms with Gasteiger partial charge >= 0.3 is 0 Å². The summed E-state index contributed by atoms with van der Waals surface area (Å²) >= 11 is 0. The van der Waals surface area contributed by atoms with Crippen molar-refractivity contribution in [1.29, 1.82) is 0 Å². The lowest BCUT2D eigenvalue weighted by Crippen LogP contribution is -2.25. The third kappa shape index (κ3) is 3.40. The fourth-order valence-electron chi connectivity index (χ4n) is 2.96. The molecule has 1 aromatic heterocycles. The minimum Gasteiger partial charge on any atom is -0.208 e. The standard InChI is InChI=1S/C21H30N/c1-14(2)18-12-19(15(3)4)21(20(13-18)16(5)6)17-8-10-22(7)11-9-17/h8-16H,1-7H3/q+1. The van der Waals surface area contributed by atoms with Crippen LogP contribution in [0.1, 0.15) is 76.0 Å². The molecule has 0 amide bonds. The average Bonchev–Trinajstić information content (AvgIpc) is 2.46. The predicted molar refractivity (Wildman–Crippen MR) is 95.3 cm³/mol. The first-order valence-corrected chi connectivity index (χ1v) is 8.44. The highest BCUT2D eigenvalue weighted by Crippen LogP contribution is 2.38. The summed E-state index contributed by atoms with van der Waals surface area (Å²) in [5, 5.41) is 0. The van der Waals surface area contributed by atoms with Crippen LogP contribution in [0.4, 0.5) is 0 Å². The smallest absolute Gasteiger partial charge is 0.169 e. The van der Waals surface area contributed by atoms with E-state index in [4.69, 9.17) is 0 Å². The molecule has 0 aliphatic carbocycles. The highest BCUT2D eigenvalue weighted by molar-refractivity contribution is 5.72. The molecular formula is C21H30N+. The topological polar surface area (TPSA) is 3.88 Å². The zero-order chi connectivity index (χ0) is 16.4. The molecule has 1 aromatic carbocycles. The van der Waals surface area contributed by atoms with Crippen molar-refractivity contribution >= 4 is 0 Å². The van der Waals surface area contributed by atoms with E-state index in [2.05, 4.69) is 89.8 Å². The van der Waals surface area contributed by atoms with Crippen LogP contribution in [0.15, 0.2) is 36.7 Å². The molecule has 0 aliphatic heterocycles. The number of hydrogen-bond donors (Lipinski definition) is 0. The first-order valence-electron chi connectivity index (χ1n) is 8.44. The first-order chi connectivity index (χ1) is 10.3. The Morgan fingerprint density at radius 2 is 1.18 bits per heavy atom. The number of aryl methyl sites for hydroxylation is 1. The number of nitrogens with zero attached hydrogens (tertiary/aromatic N) is 1. The van der Waals surface area contributed by atoms with Crippen LogP contribution in [0.25, 0.3) is 11.1 Å². The van der Waals surface area contributed by atoms with E-state index in [1.54, 1.807) is 0 Å². The summed E-state index contributed by atoms with van der Waals surface area (Å²) in [4.78, 5) is 0. The first kappa shape index (κ1) is 16.7. The molecule has 1 nitrogen and oxygen atoms in total. The van der Waals surface area contributed by atoms with Crippen LogP contribution < -0.4 is 4.57 Å². The maximum atomic E-state index is 2.42. The monoisotopic (exact) mass is 296 g/mol. The van der Waals surface area contributed by atoms with Crippen molar-refractivity contribution in [3.05, 3.63) is 53.3 Å². The van der Waals surface area contributed by atoms with E-state index < -0.39 is 0 Å². The average molecular weight is 296 g/mol. The Bertz CT molecular complexity index is 604. The Morgan fingerprint density at radius 1 is 0.727 bits per heavy atom. The van der Waals surface area contributed by atoms with Gasteiger partial charge in [0.25, 0.3) is 0 Å². The summed E-state index contributed by atoms with van der Waals surface area (Å²) in [6.07, 6.45) is 4.28. The molecule has 0 unspecified atom stereocenters. The molecule has 22 heavy (non-hydrogen) atoms. The minimum atomic E-state index is 0.528. The molecule has 0 saturated heterocycles. The third-order valence-corrected chi connectivity index (χ3v) is 4.40. The van der Waals surface area contributed by atoms with Crippen LogP contribution in [-0.2, 0) is 7.05 Å². The molecule has 0 N–H and O–H groups in total. The highest BCUT2D eigenvalue weighted by atomic mass is 14.9. The van der Waals surface area contributed by atoms with Gasteiger partial charge in [0, 0.05) is 12.1 Å². The molecule has 0 spiro atoms. The molecular weight excluding hydrogens is 266 g/mol. The molecule has 0 saturated carbocycles. The highest BCUT2D eigenvalue weighted by Gasteiger charge is 2.18. The van der Waals surface area contributed by atoms with E-state index >= 15 is 0 Å². The van der Waals surface area contributed by atoms with Crippen LogP contribution in [0.3, 0.4) is 0 Å². The van der Waals surface area contributed by atoms with Crippen molar-refractivity contribution in [3.63, 3.8) is 0 Å². The summed E-state index contributed by atoms with van der Waals surface area (Å²) in [7, 11) is 2.07. The number of rotatable bonds is 4. The van der Waals surface area contributed by atoms with Crippen molar-refractivity contribution in [2.24, 2.45) is 7.05 Å². The zero-order valence-electron chi connectivity index (χ0n) is 15.1. The van der Waals surface area contributed by atoms with Gasteiger partial charge in [0.05, 0.1) is 0 Å². The summed E-state index contributed by atoms with van der Waals surface area (Å²) in [5.41, 5.74) is 7.18. The molecule has 2 rings (SSSR count). The molecule has 1 heteroatoms. The quantitative estimate of drug-likeness (QED) is 0.651. The molecule has 0 radical (unpaired) electrons. The zero-order valence-corrected chi connectivity index (χ0v) is 15.1. The van der Waals surface area contributed by atoms with Crippen molar-refractivity contribution in [3.8, 4) is 11.1 Å². The SMILES string of the molecule is CC(C)c1cc(C(C)C)c(-c2cc[n+](C)cc2)c(C(C)C)c1. The van der Waals surface area contributed by atoms with E-state index in [1.807, 2.05) is 0 Å². The summed E-state index contributed by atoms with van der Waals surface area (Å²) in [6.45, 7) is 13.8. The Hall–Kier alpha value is -1.63. The fourth-order valence-corrected chi connectivity index (χ4v) is 2.96. The summed E-state index contributed by atoms with van der Waals surface area (Å²) < 4.78 is 2.09. The van der Waals surface area contributed by atoms with Crippen molar-refractivity contribution in [2.45, 2.75) is 59.3 Å². The van der Waals surface area contributed by atoms with Crippen LogP contribution in [0.2, 0.25) is 0 Å². The van der Waals surface area contributed by atoms with Gasteiger partial charge < -0.3 is 0 Å². The maximum Gasteiger partial charge on any atom is 0.169 e. The van der Waals surface area contributed by atoms with E-state index in [-0.39, 0.29) is 0 Å². The molecule has 0 bridgehead atoms. The van der Waals surface area contributed by atoms with Gasteiger partial charge in [-0.05, 0) is 45.6 Å². The Labute approximate surface area is 136 Å². The van der Waals surface area contributed by atoms with E-state index in [1.165, 1.54) is 27.8 Å². The van der Waals surface area contributed by atoms with E-state index in [0.717, 1.165) is 0 Å². The van der Waals surface area contributed by atoms with Gasteiger partial charge in [-0.1, -0.05) is 53.7 Å². The predicted octanol–water partition coefficient (Wildman–Crippen LogP) is 5.55. The van der Waals surface area contributed by atoms with Crippen LogP contribution in [-0.4, -0.2) is 0 Å². The van der Waals surface area contributed by atoms with Gasteiger partial charge in [0.1, 0.15) is 7.05 Å². The van der Waals surface area contributed by atoms with Gasteiger partial charge in [0.2, 0.25) is 0 Å². The van der Waals surface area contributed by atoms with Crippen LogP contribution >= 0.6 is 0 Å². The lowest BCUT2D eigenvalue weighted by molar-refractivity contribution is -0.671. The third-order valence-electron chi connectivity index (χ3n) is 4.40. The van der Waals surface area contributed by atoms with Gasteiger partial charge in [0.15, 0.2) is 12.4 Å². The minimum absolute atomic E-state index is 0.528. The summed E-state index contributed by atoms with van der Waals surface area (Å²) in [5.74, 6) is 1.62. The van der Waals surface area contributed by atoms with Crippen molar-refractivity contribution in [2.75, 3.05) is 0 Å². The number of hydrogen-bond acceptors (Lipinski definition) is 0. The Kier molecular flexibility index (Phi) is 5.05. The molecule has 0 fully saturated rings. The van der Waals surface area contributed by atoms with Crippen LogP contribution in [0.5, 0.6) is 0 Å². The normalized spacial score (nSPS) is 11.7. The largest absolute Gasteiger partial charge is 0.208 e. The van der Waals surface area contributed by atoms with Gasteiger partial charge in [-0.15, -0.1) is 0 Å². The Morgan fingerprint density at radius 3 is 1.55 bits per heavy atom. The summed E-state index contributed by atoms with van der Waals surface area (Å²) in [6, 6.07) is 9.32. The number of benzene rings is 1. The van der Waals surface area contributed by atoms with Gasteiger partial charge in [-0.3, -0.25) is 0 Å². The lowest BCUT2D eigenvalue weighted by Gasteiger charge is -2.23. The lowest BCUT2D eigenvalue weighted by atomic mass is 9.82. The van der Waals surface area contributed by atoms with Crippen molar-refractivity contribution < 1.29 is 4.57 Å². The molecule has 2 aromatic rings. The fraction of sp³-hybridized carbons (Fsp3) is 0.476. The second-order valence-electron chi connectivity index (χ2n) is 7.29. The second kappa shape index (κ2) is 6.64. The number of pyridine rings is 1. The molecule has 0 aliphatic rings.